The Bertz CT molecular complexity index is 416. The molecule has 0 saturated heterocycles. The van der Waals surface area contributed by atoms with Crippen molar-refractivity contribution < 1.29 is 4.39 Å². The van der Waals surface area contributed by atoms with Crippen LogP contribution in [0.5, 0.6) is 0 Å². The second-order valence-corrected chi connectivity index (χ2v) is 5.02. The molecule has 0 aliphatic heterocycles. The molecule has 1 rings (SSSR count). The molecule has 0 aromatic heterocycles. The van der Waals surface area contributed by atoms with Gasteiger partial charge >= 0.3 is 0 Å². The van der Waals surface area contributed by atoms with Gasteiger partial charge in [-0.2, -0.15) is 0 Å². The van der Waals surface area contributed by atoms with Gasteiger partial charge in [0, 0.05) is 19.6 Å². The second kappa shape index (κ2) is 7.77. The lowest BCUT2D eigenvalue weighted by Crippen LogP contribution is -2.44. The van der Waals surface area contributed by atoms with Crippen LogP contribution in [0.4, 0.5) is 4.39 Å². The summed E-state index contributed by atoms with van der Waals surface area (Å²) in [5.41, 5.74) is 0.724. The van der Waals surface area contributed by atoms with Gasteiger partial charge in [0.15, 0.2) is 5.96 Å². The Hall–Kier alpha value is -1.58. The Balaban J connectivity index is 2.41. The van der Waals surface area contributed by atoms with E-state index < -0.39 is 0 Å². The zero-order chi connectivity index (χ0) is 14.3. The molecule has 1 atom stereocenters. The molecule has 1 unspecified atom stereocenters. The standard InChI is InChI=1S/C15H24FN3/c1-11(2)12(3)19-15(17-4)18-10-9-13-7-5-6-8-14(13)16/h5-8,11-12H,9-10H2,1-4H3,(H2,17,18,19). The Morgan fingerprint density at radius 1 is 1.26 bits per heavy atom. The second-order valence-electron chi connectivity index (χ2n) is 5.02. The summed E-state index contributed by atoms with van der Waals surface area (Å²) in [4.78, 5) is 4.16. The van der Waals surface area contributed by atoms with Crippen molar-refractivity contribution in [1.82, 2.24) is 10.6 Å². The fourth-order valence-corrected chi connectivity index (χ4v) is 1.59. The van der Waals surface area contributed by atoms with Crippen molar-refractivity contribution in [1.29, 1.82) is 0 Å². The Morgan fingerprint density at radius 3 is 2.53 bits per heavy atom. The van der Waals surface area contributed by atoms with Gasteiger partial charge in [-0.15, -0.1) is 0 Å². The number of benzene rings is 1. The fraction of sp³-hybridized carbons (Fsp3) is 0.533. The van der Waals surface area contributed by atoms with Crippen LogP contribution in [-0.4, -0.2) is 25.6 Å². The fourth-order valence-electron chi connectivity index (χ4n) is 1.59. The van der Waals surface area contributed by atoms with Crippen LogP contribution in [0.2, 0.25) is 0 Å². The number of halogens is 1. The van der Waals surface area contributed by atoms with Gasteiger partial charge in [0.05, 0.1) is 0 Å². The molecule has 1 aromatic rings. The molecule has 2 N–H and O–H groups in total. The molecule has 0 bridgehead atoms. The van der Waals surface area contributed by atoms with E-state index in [4.69, 9.17) is 0 Å². The van der Waals surface area contributed by atoms with Crippen molar-refractivity contribution in [3.8, 4) is 0 Å². The number of guanidine groups is 1. The Kier molecular flexibility index (Phi) is 6.33. The van der Waals surface area contributed by atoms with Gasteiger partial charge in [-0.05, 0) is 30.9 Å². The molecule has 0 amide bonds. The van der Waals surface area contributed by atoms with Gasteiger partial charge in [-0.3, -0.25) is 4.99 Å². The first-order valence-electron chi connectivity index (χ1n) is 6.75. The molecule has 4 heteroatoms. The Morgan fingerprint density at radius 2 is 1.95 bits per heavy atom. The summed E-state index contributed by atoms with van der Waals surface area (Å²) in [6.45, 7) is 7.09. The van der Waals surface area contributed by atoms with E-state index >= 15 is 0 Å². The number of hydrogen-bond acceptors (Lipinski definition) is 1. The molecule has 0 heterocycles. The van der Waals surface area contributed by atoms with Gasteiger partial charge < -0.3 is 10.6 Å². The summed E-state index contributed by atoms with van der Waals surface area (Å²) in [5.74, 6) is 1.14. The van der Waals surface area contributed by atoms with Crippen LogP contribution in [-0.2, 0) is 6.42 Å². The molecule has 1 aromatic carbocycles. The largest absolute Gasteiger partial charge is 0.356 e. The van der Waals surface area contributed by atoms with Crippen LogP contribution in [0.25, 0.3) is 0 Å². The molecule has 0 aliphatic carbocycles. The van der Waals surface area contributed by atoms with Crippen LogP contribution in [0, 0.1) is 11.7 Å². The van der Waals surface area contributed by atoms with E-state index in [1.165, 1.54) is 6.07 Å². The smallest absolute Gasteiger partial charge is 0.191 e. The average molecular weight is 265 g/mol. The summed E-state index contributed by atoms with van der Waals surface area (Å²) in [6, 6.07) is 7.20. The minimum Gasteiger partial charge on any atom is -0.356 e. The highest BCUT2D eigenvalue weighted by Crippen LogP contribution is 2.06. The summed E-state index contributed by atoms with van der Waals surface area (Å²) in [7, 11) is 1.74. The van der Waals surface area contributed by atoms with Gasteiger partial charge in [0.2, 0.25) is 0 Å². The van der Waals surface area contributed by atoms with E-state index in [0.717, 1.165) is 11.5 Å². The first-order valence-corrected chi connectivity index (χ1v) is 6.75. The summed E-state index contributed by atoms with van der Waals surface area (Å²) >= 11 is 0. The van der Waals surface area contributed by atoms with E-state index in [1.54, 1.807) is 13.1 Å². The van der Waals surface area contributed by atoms with E-state index in [1.807, 2.05) is 12.1 Å². The zero-order valence-electron chi connectivity index (χ0n) is 12.2. The van der Waals surface area contributed by atoms with Crippen LogP contribution < -0.4 is 10.6 Å². The highest BCUT2D eigenvalue weighted by molar-refractivity contribution is 5.79. The van der Waals surface area contributed by atoms with Crippen molar-refractivity contribution in [3.63, 3.8) is 0 Å². The van der Waals surface area contributed by atoms with E-state index in [9.17, 15) is 4.39 Å². The van der Waals surface area contributed by atoms with E-state index in [2.05, 4.69) is 36.4 Å². The normalized spacial score (nSPS) is 13.5. The van der Waals surface area contributed by atoms with Gasteiger partial charge in [0.1, 0.15) is 5.82 Å². The molecule has 0 spiro atoms. The number of nitrogens with zero attached hydrogens (tertiary/aromatic N) is 1. The number of hydrogen-bond donors (Lipinski definition) is 2. The van der Waals surface area contributed by atoms with E-state index in [-0.39, 0.29) is 5.82 Å². The predicted molar refractivity (Wildman–Crippen MR) is 78.9 cm³/mol. The van der Waals surface area contributed by atoms with Crippen LogP contribution in [0.1, 0.15) is 26.3 Å². The first kappa shape index (κ1) is 15.5. The number of rotatable bonds is 5. The third kappa shape index (κ3) is 5.28. The maximum Gasteiger partial charge on any atom is 0.191 e. The molecular formula is C15H24FN3. The van der Waals surface area contributed by atoms with Crippen LogP contribution in [0.15, 0.2) is 29.3 Å². The maximum absolute atomic E-state index is 13.4. The minimum atomic E-state index is -0.150. The van der Waals surface area contributed by atoms with E-state index in [0.29, 0.717) is 24.9 Å². The van der Waals surface area contributed by atoms with Crippen molar-refractivity contribution in [2.75, 3.05) is 13.6 Å². The summed E-state index contributed by atoms with van der Waals surface area (Å²) < 4.78 is 13.4. The number of aliphatic imine (C=N–C) groups is 1. The lowest BCUT2D eigenvalue weighted by Gasteiger charge is -2.20. The minimum absolute atomic E-state index is 0.150. The lowest BCUT2D eigenvalue weighted by atomic mass is 10.1. The summed E-state index contributed by atoms with van der Waals surface area (Å²) in [6.07, 6.45) is 0.642. The molecule has 0 radical (unpaired) electrons. The van der Waals surface area contributed by atoms with Crippen molar-refractivity contribution in [2.24, 2.45) is 10.9 Å². The quantitative estimate of drug-likeness (QED) is 0.634. The van der Waals surface area contributed by atoms with Gasteiger partial charge in [-0.25, -0.2) is 4.39 Å². The molecule has 19 heavy (non-hydrogen) atoms. The van der Waals surface area contributed by atoms with Crippen molar-refractivity contribution in [2.45, 2.75) is 33.2 Å². The first-order chi connectivity index (χ1) is 9.04. The van der Waals surface area contributed by atoms with Crippen LogP contribution in [0.3, 0.4) is 0 Å². The molecular weight excluding hydrogens is 241 g/mol. The average Bonchev–Trinajstić information content (AvgIpc) is 2.39. The third-order valence-corrected chi connectivity index (χ3v) is 3.23. The molecule has 0 fully saturated rings. The lowest BCUT2D eigenvalue weighted by molar-refractivity contribution is 0.481. The highest BCUT2D eigenvalue weighted by atomic mass is 19.1. The molecule has 3 nitrogen and oxygen atoms in total. The third-order valence-electron chi connectivity index (χ3n) is 3.23. The molecule has 106 valence electrons. The van der Waals surface area contributed by atoms with Gasteiger partial charge in [0.25, 0.3) is 0 Å². The zero-order valence-corrected chi connectivity index (χ0v) is 12.2. The molecule has 0 saturated carbocycles. The highest BCUT2D eigenvalue weighted by Gasteiger charge is 2.08. The SMILES string of the molecule is CN=C(NCCc1ccccc1F)NC(C)C(C)C. The topological polar surface area (TPSA) is 36.4 Å². The Labute approximate surface area is 115 Å². The van der Waals surface area contributed by atoms with Crippen molar-refractivity contribution in [3.05, 3.63) is 35.6 Å². The van der Waals surface area contributed by atoms with Gasteiger partial charge in [-0.1, -0.05) is 32.0 Å². The van der Waals surface area contributed by atoms with Crippen molar-refractivity contribution >= 4 is 5.96 Å². The predicted octanol–water partition coefficient (Wildman–Crippen LogP) is 2.58. The number of nitrogens with one attached hydrogen (secondary N) is 2. The monoisotopic (exact) mass is 265 g/mol. The summed E-state index contributed by atoms with van der Waals surface area (Å²) in [5, 5.41) is 6.52. The molecule has 0 aliphatic rings. The maximum atomic E-state index is 13.4. The van der Waals surface area contributed by atoms with Crippen LogP contribution >= 0.6 is 0 Å².